The number of hydrogen-bond donors (Lipinski definition) is 2. The van der Waals surface area contributed by atoms with Gasteiger partial charge in [-0.15, -0.1) is 0 Å². The summed E-state index contributed by atoms with van der Waals surface area (Å²) < 4.78 is 0. The highest BCUT2D eigenvalue weighted by Gasteiger charge is 2.26. The van der Waals surface area contributed by atoms with E-state index in [0.29, 0.717) is 23.8 Å². The molecular formula is C32H35Cl3N6. The second-order valence-electron chi connectivity index (χ2n) is 11.1. The highest BCUT2D eigenvalue weighted by molar-refractivity contribution is 6.34. The fraction of sp³-hybridized carbons (Fsp3) is 0.375. The van der Waals surface area contributed by atoms with Crippen LogP contribution in [0.1, 0.15) is 22.5 Å². The maximum absolute atomic E-state index is 6.93. The summed E-state index contributed by atoms with van der Waals surface area (Å²) in [5.74, 6) is 0.769. The van der Waals surface area contributed by atoms with E-state index in [1.54, 1.807) is 0 Å². The first kappa shape index (κ1) is 28.8. The summed E-state index contributed by atoms with van der Waals surface area (Å²) in [7, 11) is 0. The van der Waals surface area contributed by atoms with Gasteiger partial charge in [0.1, 0.15) is 11.0 Å². The standard InChI is InChI=1S/C32H35Cl3N6/c33-25-8-4-22(5-9-25)16-27-18-36-12-14-40(27)20-24-2-1-3-29-31(24)32(35)39-30(38-29)21-41-15-13-37-19-28(41)17-23-6-10-26(34)11-7-23/h1-11,27-28,36-37H,12-21H2. The van der Waals surface area contributed by atoms with Crippen LogP contribution in [0, 0.1) is 0 Å². The fourth-order valence-corrected chi connectivity index (χ4v) is 6.63. The molecule has 3 heterocycles. The molecule has 2 N–H and O–H groups in total. The molecule has 2 unspecified atom stereocenters. The van der Waals surface area contributed by atoms with Crippen LogP contribution in [0.25, 0.3) is 10.9 Å². The molecule has 0 amide bonds. The number of rotatable bonds is 8. The molecule has 9 heteroatoms. The summed E-state index contributed by atoms with van der Waals surface area (Å²) in [6.07, 6.45) is 1.91. The third kappa shape index (κ3) is 7.20. The van der Waals surface area contributed by atoms with Crippen molar-refractivity contribution in [3.8, 4) is 0 Å². The van der Waals surface area contributed by atoms with Crippen molar-refractivity contribution in [3.05, 3.63) is 104 Å². The molecule has 2 aliphatic rings. The lowest BCUT2D eigenvalue weighted by molar-refractivity contribution is 0.148. The first-order chi connectivity index (χ1) is 20.0. The van der Waals surface area contributed by atoms with E-state index in [4.69, 9.17) is 44.8 Å². The molecule has 2 fully saturated rings. The Morgan fingerprint density at radius 3 is 1.83 bits per heavy atom. The van der Waals surface area contributed by atoms with E-state index in [2.05, 4.69) is 62.9 Å². The highest BCUT2D eigenvalue weighted by Crippen LogP contribution is 2.28. The van der Waals surface area contributed by atoms with Crippen LogP contribution < -0.4 is 10.6 Å². The molecular weight excluding hydrogens is 575 g/mol. The van der Waals surface area contributed by atoms with Gasteiger partial charge in [-0.05, 0) is 59.9 Å². The number of piperazine rings is 2. The van der Waals surface area contributed by atoms with Crippen LogP contribution in [-0.4, -0.2) is 71.1 Å². The van der Waals surface area contributed by atoms with Crippen LogP contribution in [-0.2, 0) is 25.9 Å². The molecule has 6 rings (SSSR count). The van der Waals surface area contributed by atoms with Crippen LogP contribution >= 0.6 is 34.8 Å². The van der Waals surface area contributed by atoms with Gasteiger partial charge in [0, 0.05) is 73.3 Å². The van der Waals surface area contributed by atoms with Gasteiger partial charge in [0.2, 0.25) is 0 Å². The van der Waals surface area contributed by atoms with Gasteiger partial charge in [-0.1, -0.05) is 71.2 Å². The van der Waals surface area contributed by atoms with Crippen molar-refractivity contribution < 1.29 is 0 Å². The quantitative estimate of drug-likeness (QED) is 0.253. The largest absolute Gasteiger partial charge is 0.314 e. The monoisotopic (exact) mass is 608 g/mol. The van der Waals surface area contributed by atoms with Crippen molar-refractivity contribution in [2.45, 2.75) is 38.0 Å². The molecule has 214 valence electrons. The zero-order chi connectivity index (χ0) is 28.2. The minimum absolute atomic E-state index is 0.347. The van der Waals surface area contributed by atoms with Crippen molar-refractivity contribution in [2.24, 2.45) is 0 Å². The number of nitrogens with zero attached hydrogens (tertiary/aromatic N) is 4. The molecule has 2 saturated heterocycles. The number of fused-ring (bicyclic) bond motifs is 1. The average Bonchev–Trinajstić information content (AvgIpc) is 2.97. The number of benzene rings is 3. The van der Waals surface area contributed by atoms with Crippen molar-refractivity contribution in [3.63, 3.8) is 0 Å². The van der Waals surface area contributed by atoms with Crippen LogP contribution in [0.3, 0.4) is 0 Å². The predicted molar refractivity (Wildman–Crippen MR) is 169 cm³/mol. The molecule has 4 aromatic rings. The molecule has 3 aromatic carbocycles. The van der Waals surface area contributed by atoms with Crippen LogP contribution in [0.15, 0.2) is 66.7 Å². The molecule has 0 aliphatic carbocycles. The number of halogens is 3. The van der Waals surface area contributed by atoms with E-state index in [-0.39, 0.29) is 0 Å². The summed E-state index contributed by atoms with van der Waals surface area (Å²) >= 11 is 19.1. The minimum atomic E-state index is 0.347. The number of nitrogens with one attached hydrogen (secondary N) is 2. The van der Waals surface area contributed by atoms with Gasteiger partial charge in [-0.25, -0.2) is 9.97 Å². The van der Waals surface area contributed by atoms with Gasteiger partial charge in [-0.3, -0.25) is 9.80 Å². The molecule has 1 aromatic heterocycles. The molecule has 0 bridgehead atoms. The smallest absolute Gasteiger partial charge is 0.144 e. The summed E-state index contributed by atoms with van der Waals surface area (Å²) in [6.45, 7) is 7.18. The molecule has 6 nitrogen and oxygen atoms in total. The Bertz CT molecular complexity index is 1460. The molecule has 0 spiro atoms. The molecule has 41 heavy (non-hydrogen) atoms. The SMILES string of the molecule is Clc1ccc(CC2CNCCN2Cc2nc(Cl)c3c(CN4CCNCC4Cc4ccc(Cl)cc4)cccc3n2)cc1. The Morgan fingerprint density at radius 1 is 0.683 bits per heavy atom. The Labute approximate surface area is 257 Å². The van der Waals surface area contributed by atoms with E-state index >= 15 is 0 Å². The Hall–Kier alpha value is -2.29. The predicted octanol–water partition coefficient (Wildman–Crippen LogP) is 5.62. The van der Waals surface area contributed by atoms with E-state index in [9.17, 15) is 0 Å². The third-order valence-corrected chi connectivity index (χ3v) is 9.02. The lowest BCUT2D eigenvalue weighted by Crippen LogP contribution is -2.51. The normalized spacial score (nSPS) is 20.5. The van der Waals surface area contributed by atoms with Crippen molar-refractivity contribution >= 4 is 45.7 Å². The molecule has 2 atom stereocenters. The first-order valence-corrected chi connectivity index (χ1v) is 15.5. The second kappa shape index (κ2) is 13.3. The van der Waals surface area contributed by atoms with Crippen LogP contribution in [0.4, 0.5) is 0 Å². The lowest BCUT2D eigenvalue weighted by atomic mass is 10.0. The molecule has 0 saturated carbocycles. The van der Waals surface area contributed by atoms with E-state index in [1.165, 1.54) is 16.7 Å². The van der Waals surface area contributed by atoms with E-state index < -0.39 is 0 Å². The summed E-state index contributed by atoms with van der Waals surface area (Å²) in [5.41, 5.74) is 4.65. The van der Waals surface area contributed by atoms with Crippen molar-refractivity contribution in [2.75, 3.05) is 39.3 Å². The van der Waals surface area contributed by atoms with Gasteiger partial charge in [-0.2, -0.15) is 0 Å². The number of aromatic nitrogens is 2. The summed E-state index contributed by atoms with van der Waals surface area (Å²) in [4.78, 5) is 14.9. The van der Waals surface area contributed by atoms with Crippen LogP contribution in [0.5, 0.6) is 0 Å². The first-order valence-electron chi connectivity index (χ1n) is 14.3. The Morgan fingerprint density at radius 2 is 1.24 bits per heavy atom. The number of hydrogen-bond acceptors (Lipinski definition) is 6. The highest BCUT2D eigenvalue weighted by atomic mass is 35.5. The van der Waals surface area contributed by atoms with Gasteiger partial charge in [0.15, 0.2) is 0 Å². The van der Waals surface area contributed by atoms with Gasteiger partial charge >= 0.3 is 0 Å². The molecule has 0 radical (unpaired) electrons. The lowest BCUT2D eigenvalue weighted by Gasteiger charge is -2.37. The van der Waals surface area contributed by atoms with Crippen LogP contribution in [0.2, 0.25) is 15.2 Å². The second-order valence-corrected chi connectivity index (χ2v) is 12.3. The zero-order valence-corrected chi connectivity index (χ0v) is 25.3. The van der Waals surface area contributed by atoms with Crippen molar-refractivity contribution in [1.82, 2.24) is 30.4 Å². The average molecular weight is 610 g/mol. The van der Waals surface area contributed by atoms with E-state index in [0.717, 1.165) is 85.4 Å². The topological polar surface area (TPSA) is 56.3 Å². The third-order valence-electron chi connectivity index (χ3n) is 8.24. The fourth-order valence-electron chi connectivity index (χ4n) is 6.06. The van der Waals surface area contributed by atoms with E-state index in [1.807, 2.05) is 24.3 Å². The summed E-state index contributed by atoms with van der Waals surface area (Å²) in [5, 5.41) is 10.1. The minimum Gasteiger partial charge on any atom is -0.314 e. The van der Waals surface area contributed by atoms with Gasteiger partial charge < -0.3 is 10.6 Å². The van der Waals surface area contributed by atoms with Gasteiger partial charge in [0.05, 0.1) is 12.1 Å². The molecule has 2 aliphatic heterocycles. The Kier molecular flexibility index (Phi) is 9.38. The maximum atomic E-state index is 6.93. The van der Waals surface area contributed by atoms with Gasteiger partial charge in [0.25, 0.3) is 0 Å². The maximum Gasteiger partial charge on any atom is 0.144 e. The zero-order valence-electron chi connectivity index (χ0n) is 23.0. The summed E-state index contributed by atoms with van der Waals surface area (Å²) in [6, 6.07) is 23.4. The van der Waals surface area contributed by atoms with Crippen molar-refractivity contribution in [1.29, 1.82) is 0 Å². The Balaban J connectivity index is 1.19.